The standard InChI is InChI=1S/C24H36F2N6.HI/c1-5-22-19(23(6-2)31(4)30-22)15-28-24(27-7-3)29-18-10-12-32(13-11-18)16-17-8-9-20(25)21(26)14-17;/h8-9,14,18H,5-7,10-13,15-16H2,1-4H3,(H2,27,28,29);1H. The monoisotopic (exact) mass is 574 g/mol. The van der Waals surface area contributed by atoms with E-state index < -0.39 is 11.6 Å². The largest absolute Gasteiger partial charge is 0.357 e. The van der Waals surface area contributed by atoms with Gasteiger partial charge >= 0.3 is 0 Å². The van der Waals surface area contributed by atoms with Crippen molar-refractivity contribution in [3.05, 3.63) is 52.3 Å². The highest BCUT2D eigenvalue weighted by atomic mass is 127. The molecule has 1 aromatic carbocycles. The van der Waals surface area contributed by atoms with Gasteiger partial charge in [0.1, 0.15) is 0 Å². The number of piperidine rings is 1. The molecule has 184 valence electrons. The molecular weight excluding hydrogens is 537 g/mol. The molecule has 0 saturated carbocycles. The van der Waals surface area contributed by atoms with E-state index in [1.165, 1.54) is 23.4 Å². The molecule has 0 amide bonds. The lowest BCUT2D eigenvalue weighted by atomic mass is 10.0. The minimum atomic E-state index is -0.796. The molecule has 0 aliphatic carbocycles. The molecule has 0 spiro atoms. The first-order valence-corrected chi connectivity index (χ1v) is 11.7. The van der Waals surface area contributed by atoms with Crippen LogP contribution < -0.4 is 10.6 Å². The van der Waals surface area contributed by atoms with Crippen molar-refractivity contribution in [2.75, 3.05) is 19.6 Å². The molecule has 1 aliphatic rings. The Balaban J connectivity index is 0.00000385. The number of aromatic nitrogens is 2. The number of halogens is 3. The van der Waals surface area contributed by atoms with Crippen molar-refractivity contribution in [2.24, 2.45) is 12.0 Å². The zero-order chi connectivity index (χ0) is 23.1. The number of hydrogen-bond acceptors (Lipinski definition) is 3. The summed E-state index contributed by atoms with van der Waals surface area (Å²) < 4.78 is 28.6. The molecule has 0 atom stereocenters. The van der Waals surface area contributed by atoms with Crippen LogP contribution in [0.2, 0.25) is 0 Å². The van der Waals surface area contributed by atoms with Crippen LogP contribution in [0.25, 0.3) is 0 Å². The second kappa shape index (κ2) is 13.2. The van der Waals surface area contributed by atoms with Gasteiger partial charge in [0.25, 0.3) is 0 Å². The van der Waals surface area contributed by atoms with E-state index >= 15 is 0 Å². The number of nitrogens with one attached hydrogen (secondary N) is 2. The lowest BCUT2D eigenvalue weighted by molar-refractivity contribution is 0.198. The van der Waals surface area contributed by atoms with Crippen LogP contribution >= 0.6 is 24.0 Å². The Morgan fingerprint density at radius 2 is 1.85 bits per heavy atom. The fourth-order valence-corrected chi connectivity index (χ4v) is 4.38. The van der Waals surface area contributed by atoms with Gasteiger partial charge in [0, 0.05) is 50.5 Å². The Kier molecular flexibility index (Phi) is 11.0. The molecule has 0 bridgehead atoms. The zero-order valence-corrected chi connectivity index (χ0v) is 22.5. The second-order valence-electron chi connectivity index (χ2n) is 8.34. The van der Waals surface area contributed by atoms with E-state index in [1.54, 1.807) is 6.07 Å². The maximum absolute atomic E-state index is 13.5. The van der Waals surface area contributed by atoms with E-state index in [4.69, 9.17) is 4.99 Å². The van der Waals surface area contributed by atoms with Gasteiger partial charge in [-0.1, -0.05) is 19.9 Å². The maximum Gasteiger partial charge on any atom is 0.191 e. The van der Waals surface area contributed by atoms with E-state index in [9.17, 15) is 8.78 Å². The van der Waals surface area contributed by atoms with E-state index in [0.29, 0.717) is 19.1 Å². The molecule has 1 fully saturated rings. The quantitative estimate of drug-likeness (QED) is 0.283. The summed E-state index contributed by atoms with van der Waals surface area (Å²) in [6, 6.07) is 4.49. The molecule has 6 nitrogen and oxygen atoms in total. The van der Waals surface area contributed by atoms with Gasteiger partial charge in [0.05, 0.1) is 12.2 Å². The van der Waals surface area contributed by atoms with Crippen molar-refractivity contribution in [3.8, 4) is 0 Å². The normalized spacial score (nSPS) is 15.4. The van der Waals surface area contributed by atoms with E-state index in [1.807, 2.05) is 11.7 Å². The van der Waals surface area contributed by atoms with Crippen molar-refractivity contribution in [1.29, 1.82) is 0 Å². The molecule has 3 rings (SSSR count). The second-order valence-corrected chi connectivity index (χ2v) is 8.34. The molecule has 1 aromatic heterocycles. The molecular formula is C24H37F2IN6. The number of rotatable bonds is 8. The Bertz CT molecular complexity index is 922. The molecule has 2 aromatic rings. The summed E-state index contributed by atoms with van der Waals surface area (Å²) >= 11 is 0. The smallest absolute Gasteiger partial charge is 0.191 e. The van der Waals surface area contributed by atoms with E-state index in [0.717, 1.165) is 62.5 Å². The predicted molar refractivity (Wildman–Crippen MR) is 140 cm³/mol. The number of nitrogens with zero attached hydrogens (tertiary/aromatic N) is 4. The van der Waals surface area contributed by atoms with Crippen molar-refractivity contribution in [3.63, 3.8) is 0 Å². The lowest BCUT2D eigenvalue weighted by Crippen LogP contribution is -2.48. The molecule has 1 aliphatic heterocycles. The summed E-state index contributed by atoms with van der Waals surface area (Å²) in [5.74, 6) is -0.744. The first kappa shape index (κ1) is 27.5. The Morgan fingerprint density at radius 3 is 2.45 bits per heavy atom. The average molecular weight is 575 g/mol. The van der Waals surface area contributed by atoms with Gasteiger partial charge < -0.3 is 10.6 Å². The highest BCUT2D eigenvalue weighted by Crippen LogP contribution is 2.18. The summed E-state index contributed by atoms with van der Waals surface area (Å²) in [5, 5.41) is 11.6. The third-order valence-electron chi connectivity index (χ3n) is 6.09. The minimum absolute atomic E-state index is 0. The fourth-order valence-electron chi connectivity index (χ4n) is 4.38. The number of aliphatic imine (C=N–C) groups is 1. The van der Waals surface area contributed by atoms with Gasteiger partial charge in [-0.3, -0.25) is 9.58 Å². The molecule has 1 saturated heterocycles. The third kappa shape index (κ3) is 7.37. The topological polar surface area (TPSA) is 57.5 Å². The Labute approximate surface area is 213 Å². The van der Waals surface area contributed by atoms with Gasteiger partial charge in [-0.15, -0.1) is 24.0 Å². The van der Waals surface area contributed by atoms with Gasteiger partial charge in [0.2, 0.25) is 0 Å². The van der Waals surface area contributed by atoms with Crippen LogP contribution in [0.5, 0.6) is 0 Å². The van der Waals surface area contributed by atoms with Crippen molar-refractivity contribution in [1.82, 2.24) is 25.3 Å². The third-order valence-corrected chi connectivity index (χ3v) is 6.09. The summed E-state index contributed by atoms with van der Waals surface area (Å²) in [6.45, 7) is 10.2. The Hall–Kier alpha value is -1.75. The molecule has 0 radical (unpaired) electrons. The van der Waals surface area contributed by atoms with Crippen LogP contribution in [0.1, 0.15) is 56.1 Å². The zero-order valence-electron chi connectivity index (χ0n) is 20.1. The molecule has 33 heavy (non-hydrogen) atoms. The summed E-state index contributed by atoms with van der Waals surface area (Å²) in [4.78, 5) is 7.15. The van der Waals surface area contributed by atoms with E-state index in [2.05, 4.69) is 41.4 Å². The van der Waals surface area contributed by atoms with Gasteiger partial charge in [-0.2, -0.15) is 5.10 Å². The first-order chi connectivity index (χ1) is 15.4. The van der Waals surface area contributed by atoms with Crippen LogP contribution in [0, 0.1) is 11.6 Å². The van der Waals surface area contributed by atoms with Gasteiger partial charge in [0.15, 0.2) is 17.6 Å². The fraction of sp³-hybridized carbons (Fsp3) is 0.583. The highest BCUT2D eigenvalue weighted by Gasteiger charge is 2.21. The van der Waals surface area contributed by atoms with Crippen molar-refractivity contribution >= 4 is 29.9 Å². The van der Waals surface area contributed by atoms with E-state index in [-0.39, 0.29) is 24.0 Å². The Morgan fingerprint density at radius 1 is 1.12 bits per heavy atom. The number of likely N-dealkylation sites (tertiary alicyclic amines) is 1. The maximum atomic E-state index is 13.5. The molecule has 2 heterocycles. The van der Waals surface area contributed by atoms with Crippen molar-refractivity contribution in [2.45, 2.75) is 65.6 Å². The minimum Gasteiger partial charge on any atom is -0.357 e. The van der Waals surface area contributed by atoms with Crippen LogP contribution in [0.4, 0.5) is 8.78 Å². The van der Waals surface area contributed by atoms with Crippen LogP contribution in [-0.4, -0.2) is 46.3 Å². The number of hydrogen-bond donors (Lipinski definition) is 2. The van der Waals surface area contributed by atoms with Gasteiger partial charge in [-0.05, 0) is 50.3 Å². The summed E-state index contributed by atoms with van der Waals surface area (Å²) in [5.41, 5.74) is 4.40. The number of benzene rings is 1. The van der Waals surface area contributed by atoms with Gasteiger partial charge in [-0.25, -0.2) is 13.8 Å². The van der Waals surface area contributed by atoms with Crippen molar-refractivity contribution < 1.29 is 8.78 Å². The SMILES string of the molecule is CCNC(=NCc1c(CC)nn(C)c1CC)NC1CCN(Cc2ccc(F)c(F)c2)CC1.I. The highest BCUT2D eigenvalue weighted by molar-refractivity contribution is 14.0. The molecule has 2 N–H and O–H groups in total. The van der Waals surface area contributed by atoms with Crippen LogP contribution in [0.15, 0.2) is 23.2 Å². The molecule has 9 heteroatoms. The lowest BCUT2D eigenvalue weighted by Gasteiger charge is -2.33. The van der Waals surface area contributed by atoms with Crippen LogP contribution in [0.3, 0.4) is 0 Å². The average Bonchev–Trinajstić information content (AvgIpc) is 3.10. The predicted octanol–water partition coefficient (Wildman–Crippen LogP) is 4.16. The summed E-state index contributed by atoms with van der Waals surface area (Å²) in [7, 11) is 2.00. The molecule has 0 unspecified atom stereocenters. The number of aryl methyl sites for hydroxylation is 2. The first-order valence-electron chi connectivity index (χ1n) is 11.7. The number of guanidine groups is 1. The summed E-state index contributed by atoms with van der Waals surface area (Å²) in [6.07, 6.45) is 3.79. The van der Waals surface area contributed by atoms with Crippen LogP contribution in [-0.2, 0) is 33.0 Å².